The number of amides is 1. The molecular weight excluding hydrogens is 408 g/mol. The molecule has 3 rings (SSSR count). The van der Waals surface area contributed by atoms with Crippen LogP contribution in [0.3, 0.4) is 0 Å². The minimum atomic E-state index is -3.79. The molecule has 0 heterocycles. The average Bonchev–Trinajstić information content (AvgIpc) is 2.70. The van der Waals surface area contributed by atoms with Crippen molar-refractivity contribution < 1.29 is 13.2 Å². The molecule has 0 saturated heterocycles. The van der Waals surface area contributed by atoms with E-state index < -0.39 is 15.9 Å². The Morgan fingerprint density at radius 3 is 2.24 bits per heavy atom. The Bertz CT molecular complexity index is 1080. The fraction of sp³-hybridized carbons (Fsp3) is 0.136. The lowest BCUT2D eigenvalue weighted by Crippen LogP contribution is -2.35. The van der Waals surface area contributed by atoms with Crippen LogP contribution in [0.25, 0.3) is 0 Å². The lowest BCUT2D eigenvalue weighted by atomic mass is 10.0. The first-order chi connectivity index (χ1) is 13.9. The number of benzene rings is 3. The highest BCUT2D eigenvalue weighted by Gasteiger charge is 2.23. The van der Waals surface area contributed by atoms with Crippen molar-refractivity contribution in [2.45, 2.75) is 11.3 Å². The van der Waals surface area contributed by atoms with Crippen molar-refractivity contribution in [3.63, 3.8) is 0 Å². The van der Waals surface area contributed by atoms with Crippen molar-refractivity contribution >= 4 is 33.2 Å². The molecule has 1 N–H and O–H groups in total. The van der Waals surface area contributed by atoms with Crippen molar-refractivity contribution in [2.24, 2.45) is 0 Å². The van der Waals surface area contributed by atoms with Gasteiger partial charge in [0.2, 0.25) is 15.9 Å². The van der Waals surface area contributed by atoms with Crippen molar-refractivity contribution in [2.75, 3.05) is 18.9 Å². The molecule has 0 spiro atoms. The van der Waals surface area contributed by atoms with E-state index in [1.165, 1.54) is 31.3 Å². The van der Waals surface area contributed by atoms with E-state index in [2.05, 4.69) is 5.32 Å². The number of halogens is 1. The number of carbonyl (C=O) groups excluding carboxylic acids is 1. The van der Waals surface area contributed by atoms with Crippen molar-refractivity contribution in [1.82, 2.24) is 4.31 Å². The second kappa shape index (κ2) is 9.22. The second-order valence-electron chi connectivity index (χ2n) is 6.58. The number of hydrogen-bond donors (Lipinski definition) is 1. The molecule has 0 saturated carbocycles. The van der Waals surface area contributed by atoms with Gasteiger partial charge in [-0.3, -0.25) is 4.79 Å². The van der Waals surface area contributed by atoms with Gasteiger partial charge in [-0.05, 0) is 47.9 Å². The van der Waals surface area contributed by atoms with E-state index in [4.69, 9.17) is 11.6 Å². The molecule has 3 aromatic rings. The number of carbonyl (C=O) groups is 1. The zero-order valence-corrected chi connectivity index (χ0v) is 17.5. The standard InChI is InChI=1S/C22H21ClN2O3S/c1-25(29(27,28)20-13-11-19(23)12-14-20)16-22(26)24-21-10-6-5-9-18(21)15-17-7-3-2-4-8-17/h2-14H,15-16H2,1H3,(H,24,26). The molecule has 1 amide bonds. The molecule has 0 aliphatic carbocycles. The Balaban J connectivity index is 1.70. The lowest BCUT2D eigenvalue weighted by Gasteiger charge is -2.18. The highest BCUT2D eigenvalue weighted by Crippen LogP contribution is 2.20. The molecule has 0 fully saturated rings. The van der Waals surface area contributed by atoms with E-state index in [1.807, 2.05) is 54.6 Å². The summed E-state index contributed by atoms with van der Waals surface area (Å²) in [6.45, 7) is -0.301. The molecule has 3 aromatic carbocycles. The molecule has 0 unspecified atom stereocenters. The first kappa shape index (κ1) is 21.0. The molecule has 29 heavy (non-hydrogen) atoms. The molecule has 0 bridgehead atoms. The van der Waals surface area contributed by atoms with Gasteiger partial charge in [-0.25, -0.2) is 8.42 Å². The lowest BCUT2D eigenvalue weighted by molar-refractivity contribution is -0.116. The average molecular weight is 429 g/mol. The van der Waals surface area contributed by atoms with E-state index >= 15 is 0 Å². The van der Waals surface area contributed by atoms with Crippen LogP contribution in [0.2, 0.25) is 5.02 Å². The molecule has 0 aliphatic heterocycles. The number of para-hydroxylation sites is 1. The third-order valence-electron chi connectivity index (χ3n) is 4.42. The number of nitrogens with one attached hydrogen (secondary N) is 1. The summed E-state index contributed by atoms with van der Waals surface area (Å²) in [5.74, 6) is -0.412. The van der Waals surface area contributed by atoms with Gasteiger partial charge < -0.3 is 5.32 Å². The number of likely N-dealkylation sites (N-methyl/N-ethyl adjacent to an activating group) is 1. The van der Waals surface area contributed by atoms with Crippen molar-refractivity contribution in [1.29, 1.82) is 0 Å². The largest absolute Gasteiger partial charge is 0.325 e. The van der Waals surface area contributed by atoms with Crippen LogP contribution in [0.1, 0.15) is 11.1 Å². The SMILES string of the molecule is CN(CC(=O)Nc1ccccc1Cc1ccccc1)S(=O)(=O)c1ccc(Cl)cc1. The Morgan fingerprint density at radius 2 is 1.55 bits per heavy atom. The molecule has 0 atom stereocenters. The number of anilines is 1. The van der Waals surface area contributed by atoms with Crippen LogP contribution in [-0.4, -0.2) is 32.2 Å². The summed E-state index contributed by atoms with van der Waals surface area (Å²) in [6.07, 6.45) is 0.663. The smallest absolute Gasteiger partial charge is 0.243 e. The zero-order valence-electron chi connectivity index (χ0n) is 15.9. The summed E-state index contributed by atoms with van der Waals surface area (Å²) in [7, 11) is -2.41. The summed E-state index contributed by atoms with van der Waals surface area (Å²) >= 11 is 5.82. The summed E-state index contributed by atoms with van der Waals surface area (Å²) in [5, 5.41) is 3.27. The fourth-order valence-electron chi connectivity index (χ4n) is 2.88. The van der Waals surface area contributed by atoms with Crippen LogP contribution < -0.4 is 5.32 Å². The van der Waals surface area contributed by atoms with Gasteiger partial charge in [0, 0.05) is 17.8 Å². The Morgan fingerprint density at radius 1 is 0.931 bits per heavy atom. The van der Waals surface area contributed by atoms with Gasteiger partial charge in [0.15, 0.2) is 0 Å². The maximum atomic E-state index is 12.6. The first-order valence-electron chi connectivity index (χ1n) is 9.00. The zero-order chi connectivity index (χ0) is 20.9. The second-order valence-corrected chi connectivity index (χ2v) is 9.06. The minimum absolute atomic E-state index is 0.0849. The van der Waals surface area contributed by atoms with Gasteiger partial charge in [-0.2, -0.15) is 4.31 Å². The Hall–Kier alpha value is -2.67. The predicted molar refractivity (Wildman–Crippen MR) is 116 cm³/mol. The van der Waals surface area contributed by atoms with E-state index in [0.29, 0.717) is 17.1 Å². The predicted octanol–water partition coefficient (Wildman–Crippen LogP) is 4.19. The number of sulfonamides is 1. The van der Waals surface area contributed by atoms with Crippen LogP contribution in [0, 0.1) is 0 Å². The molecular formula is C22H21ClN2O3S. The maximum Gasteiger partial charge on any atom is 0.243 e. The molecule has 5 nitrogen and oxygen atoms in total. The highest BCUT2D eigenvalue weighted by molar-refractivity contribution is 7.89. The van der Waals surface area contributed by atoms with Crippen molar-refractivity contribution in [3.05, 3.63) is 95.0 Å². The van der Waals surface area contributed by atoms with Gasteiger partial charge in [-0.1, -0.05) is 60.1 Å². The van der Waals surface area contributed by atoms with E-state index in [1.54, 1.807) is 0 Å². The van der Waals surface area contributed by atoms with Gasteiger partial charge in [0.25, 0.3) is 0 Å². The van der Waals surface area contributed by atoms with E-state index in [0.717, 1.165) is 15.4 Å². The highest BCUT2D eigenvalue weighted by atomic mass is 35.5. The number of nitrogens with zero attached hydrogens (tertiary/aromatic N) is 1. The van der Waals surface area contributed by atoms with E-state index in [9.17, 15) is 13.2 Å². The van der Waals surface area contributed by atoms with Crippen molar-refractivity contribution in [3.8, 4) is 0 Å². The number of rotatable bonds is 7. The van der Waals surface area contributed by atoms with Gasteiger partial charge in [0.1, 0.15) is 0 Å². The quantitative estimate of drug-likeness (QED) is 0.613. The monoisotopic (exact) mass is 428 g/mol. The normalized spacial score (nSPS) is 11.4. The fourth-order valence-corrected chi connectivity index (χ4v) is 4.13. The third-order valence-corrected chi connectivity index (χ3v) is 6.49. The van der Waals surface area contributed by atoms with Gasteiger partial charge in [-0.15, -0.1) is 0 Å². The molecule has 0 radical (unpaired) electrons. The van der Waals surface area contributed by atoms with E-state index in [-0.39, 0.29) is 11.4 Å². The van der Waals surface area contributed by atoms with Gasteiger partial charge in [0.05, 0.1) is 11.4 Å². The number of hydrogen-bond acceptors (Lipinski definition) is 3. The molecule has 0 aromatic heterocycles. The van der Waals surface area contributed by atoms with Crippen LogP contribution in [0.5, 0.6) is 0 Å². The summed E-state index contributed by atoms with van der Waals surface area (Å²) in [6, 6.07) is 23.3. The minimum Gasteiger partial charge on any atom is -0.325 e. The van der Waals surface area contributed by atoms with Crippen LogP contribution in [0.4, 0.5) is 5.69 Å². The molecule has 150 valence electrons. The maximum absolute atomic E-state index is 12.6. The summed E-state index contributed by atoms with van der Waals surface area (Å²) in [5.41, 5.74) is 2.74. The molecule has 7 heteroatoms. The molecule has 0 aliphatic rings. The van der Waals surface area contributed by atoms with Crippen LogP contribution in [-0.2, 0) is 21.2 Å². The first-order valence-corrected chi connectivity index (χ1v) is 10.8. The van der Waals surface area contributed by atoms with Crippen LogP contribution >= 0.6 is 11.6 Å². The van der Waals surface area contributed by atoms with Crippen LogP contribution in [0.15, 0.2) is 83.8 Å². The van der Waals surface area contributed by atoms with Gasteiger partial charge >= 0.3 is 0 Å². The Kier molecular flexibility index (Phi) is 6.69. The summed E-state index contributed by atoms with van der Waals surface area (Å²) in [4.78, 5) is 12.6. The topological polar surface area (TPSA) is 66.5 Å². The third kappa shape index (κ3) is 5.44. The Labute approximate surface area is 176 Å². The summed E-state index contributed by atoms with van der Waals surface area (Å²) < 4.78 is 26.3.